The lowest BCUT2D eigenvalue weighted by Crippen LogP contribution is -2.11. The first-order valence-electron chi connectivity index (χ1n) is 8.19. The van der Waals surface area contributed by atoms with E-state index < -0.39 is 0 Å². The van der Waals surface area contributed by atoms with Gasteiger partial charge in [0.2, 0.25) is 0 Å². The maximum Gasteiger partial charge on any atom is 0.141 e. The van der Waals surface area contributed by atoms with Crippen molar-refractivity contribution in [2.45, 2.75) is 33.1 Å². The molecular weight excluding hydrogens is 306 g/mol. The first-order chi connectivity index (χ1) is 11.2. The van der Waals surface area contributed by atoms with Crippen molar-refractivity contribution in [2.75, 3.05) is 11.5 Å². The monoisotopic (exact) mass is 327 g/mol. The molecule has 0 amide bonds. The van der Waals surface area contributed by atoms with Crippen LogP contribution in [0.3, 0.4) is 0 Å². The van der Waals surface area contributed by atoms with Gasteiger partial charge >= 0.3 is 0 Å². The molecule has 1 fully saturated rings. The molecule has 1 saturated heterocycles. The molecule has 0 saturated carbocycles. The van der Waals surface area contributed by atoms with Gasteiger partial charge in [-0.1, -0.05) is 5.16 Å². The van der Waals surface area contributed by atoms with E-state index in [2.05, 4.69) is 39.1 Å². The molecule has 0 spiro atoms. The van der Waals surface area contributed by atoms with Crippen molar-refractivity contribution < 1.29 is 4.52 Å². The van der Waals surface area contributed by atoms with Gasteiger partial charge < -0.3 is 9.51 Å². The van der Waals surface area contributed by atoms with Crippen LogP contribution in [0, 0.1) is 19.8 Å². The highest BCUT2D eigenvalue weighted by molar-refractivity contribution is 7.99. The zero-order valence-electron chi connectivity index (χ0n) is 13.6. The molecule has 120 valence electrons. The van der Waals surface area contributed by atoms with Crippen molar-refractivity contribution in [2.24, 2.45) is 5.92 Å². The Morgan fingerprint density at radius 1 is 1.30 bits per heavy atom. The maximum atomic E-state index is 5.31. The number of fused-ring (bicyclic) bond motifs is 1. The molecule has 1 aliphatic rings. The van der Waals surface area contributed by atoms with Gasteiger partial charge in [-0.3, -0.25) is 0 Å². The lowest BCUT2D eigenvalue weighted by molar-refractivity contribution is 0.393. The molecule has 5 heteroatoms. The molecule has 1 aliphatic heterocycles. The molecule has 0 aliphatic carbocycles. The first kappa shape index (κ1) is 14.8. The minimum Gasteiger partial charge on any atom is -0.361 e. The van der Waals surface area contributed by atoms with Crippen molar-refractivity contribution in [1.82, 2.24) is 15.1 Å². The van der Waals surface area contributed by atoms with E-state index >= 15 is 0 Å². The molecule has 4 heterocycles. The molecule has 4 rings (SSSR count). The van der Waals surface area contributed by atoms with Gasteiger partial charge in [0, 0.05) is 28.9 Å². The fourth-order valence-corrected chi connectivity index (χ4v) is 4.72. The molecule has 0 bridgehead atoms. The van der Waals surface area contributed by atoms with Gasteiger partial charge in [-0.05, 0) is 62.2 Å². The third-order valence-electron chi connectivity index (χ3n) is 4.79. The number of thioether (sulfide) groups is 1. The lowest BCUT2D eigenvalue weighted by Gasteiger charge is -2.20. The fourth-order valence-electron chi connectivity index (χ4n) is 3.52. The minimum absolute atomic E-state index is 0.804. The van der Waals surface area contributed by atoms with Gasteiger partial charge in [0.15, 0.2) is 0 Å². The van der Waals surface area contributed by atoms with Gasteiger partial charge in [-0.2, -0.15) is 11.8 Å². The number of pyridine rings is 1. The van der Waals surface area contributed by atoms with E-state index in [-0.39, 0.29) is 0 Å². The molecule has 1 N–H and O–H groups in total. The molecular formula is C18H21N3OS. The zero-order chi connectivity index (χ0) is 15.8. The van der Waals surface area contributed by atoms with Crippen molar-refractivity contribution in [3.8, 4) is 11.1 Å². The summed E-state index contributed by atoms with van der Waals surface area (Å²) >= 11 is 2.08. The third-order valence-corrected chi connectivity index (χ3v) is 5.84. The highest BCUT2D eigenvalue weighted by Crippen LogP contribution is 2.32. The normalized spacial score (nSPS) is 16.3. The summed E-state index contributed by atoms with van der Waals surface area (Å²) in [5.74, 6) is 4.26. The second-order valence-corrected chi connectivity index (χ2v) is 7.62. The number of hydrogen-bond donors (Lipinski definition) is 1. The Labute approximate surface area is 140 Å². The van der Waals surface area contributed by atoms with Crippen LogP contribution in [-0.2, 0) is 6.42 Å². The van der Waals surface area contributed by atoms with Gasteiger partial charge in [-0.15, -0.1) is 0 Å². The number of nitrogens with zero attached hydrogens (tertiary/aromatic N) is 2. The SMILES string of the molecule is Cc1noc(C)c1-c1cnc2[nH]cc(CC3CCSCC3)c2c1. The Balaban J connectivity index is 1.71. The highest BCUT2D eigenvalue weighted by atomic mass is 32.2. The number of nitrogens with one attached hydrogen (secondary N) is 1. The van der Waals surface area contributed by atoms with Crippen molar-refractivity contribution >= 4 is 22.8 Å². The molecule has 23 heavy (non-hydrogen) atoms. The topological polar surface area (TPSA) is 54.7 Å². The Bertz CT molecular complexity index is 811. The molecule has 3 aromatic heterocycles. The van der Waals surface area contributed by atoms with Crippen LogP contribution < -0.4 is 0 Å². The van der Waals surface area contributed by atoms with Crippen LogP contribution >= 0.6 is 11.8 Å². The number of aryl methyl sites for hydroxylation is 2. The summed E-state index contributed by atoms with van der Waals surface area (Å²) < 4.78 is 5.31. The quantitative estimate of drug-likeness (QED) is 0.768. The molecule has 4 nitrogen and oxygen atoms in total. The third kappa shape index (κ3) is 2.78. The minimum atomic E-state index is 0.804. The molecule has 0 unspecified atom stereocenters. The fraction of sp³-hybridized carbons (Fsp3) is 0.444. The lowest BCUT2D eigenvalue weighted by atomic mass is 9.93. The van der Waals surface area contributed by atoms with E-state index in [0.717, 1.165) is 40.6 Å². The van der Waals surface area contributed by atoms with Crippen molar-refractivity contribution in [3.63, 3.8) is 0 Å². The second kappa shape index (κ2) is 6.04. The Hall–Kier alpha value is -1.75. The molecule has 0 radical (unpaired) electrons. The first-order valence-corrected chi connectivity index (χ1v) is 9.35. The standard InChI is InChI=1S/C18H21N3OS/c1-11-17(12(2)22-21-11)15-8-16-14(9-19-18(16)20-10-15)7-13-3-5-23-6-4-13/h8-10,13H,3-7H2,1-2H3,(H,19,20). The Morgan fingerprint density at radius 3 is 2.87 bits per heavy atom. The number of aromatic nitrogens is 3. The molecule has 0 atom stereocenters. The molecule has 0 aromatic carbocycles. The summed E-state index contributed by atoms with van der Waals surface area (Å²) in [6.45, 7) is 3.94. The summed E-state index contributed by atoms with van der Waals surface area (Å²) in [6.07, 6.45) is 7.85. The van der Waals surface area contributed by atoms with Gasteiger partial charge in [-0.25, -0.2) is 4.98 Å². The van der Waals surface area contributed by atoms with Crippen LogP contribution in [0.15, 0.2) is 23.0 Å². The Morgan fingerprint density at radius 2 is 2.13 bits per heavy atom. The summed E-state index contributed by atoms with van der Waals surface area (Å²) in [5.41, 5.74) is 5.44. The number of hydrogen-bond acceptors (Lipinski definition) is 4. The van der Waals surface area contributed by atoms with E-state index in [4.69, 9.17) is 4.52 Å². The van der Waals surface area contributed by atoms with Crippen molar-refractivity contribution in [1.29, 1.82) is 0 Å². The van der Waals surface area contributed by atoms with E-state index in [1.165, 1.54) is 35.3 Å². The predicted molar refractivity (Wildman–Crippen MR) is 94.8 cm³/mol. The van der Waals surface area contributed by atoms with E-state index in [1.807, 2.05) is 20.0 Å². The highest BCUT2D eigenvalue weighted by Gasteiger charge is 2.18. The maximum absolute atomic E-state index is 5.31. The Kier molecular flexibility index (Phi) is 3.89. The summed E-state index contributed by atoms with van der Waals surface area (Å²) in [7, 11) is 0. The van der Waals surface area contributed by atoms with E-state index in [1.54, 1.807) is 0 Å². The van der Waals surface area contributed by atoms with Crippen molar-refractivity contribution in [3.05, 3.63) is 35.5 Å². The number of H-pyrrole nitrogens is 1. The summed E-state index contributed by atoms with van der Waals surface area (Å²) in [4.78, 5) is 7.93. The number of aromatic amines is 1. The molecule has 3 aromatic rings. The second-order valence-electron chi connectivity index (χ2n) is 6.39. The van der Waals surface area contributed by atoms with Crippen LogP contribution in [0.2, 0.25) is 0 Å². The summed E-state index contributed by atoms with van der Waals surface area (Å²) in [5, 5.41) is 5.30. The van der Waals surface area contributed by atoms with Crippen LogP contribution in [-0.4, -0.2) is 26.6 Å². The average Bonchev–Trinajstić information content (AvgIpc) is 3.12. The number of rotatable bonds is 3. The van der Waals surface area contributed by atoms with E-state index in [9.17, 15) is 0 Å². The average molecular weight is 327 g/mol. The predicted octanol–water partition coefficient (Wildman–Crippen LogP) is 4.52. The largest absolute Gasteiger partial charge is 0.361 e. The van der Waals surface area contributed by atoms with Gasteiger partial charge in [0.05, 0.1) is 5.69 Å². The van der Waals surface area contributed by atoms with Crippen LogP contribution in [0.4, 0.5) is 0 Å². The summed E-state index contributed by atoms with van der Waals surface area (Å²) in [6, 6.07) is 2.23. The van der Waals surface area contributed by atoms with Gasteiger partial charge in [0.25, 0.3) is 0 Å². The van der Waals surface area contributed by atoms with E-state index in [0.29, 0.717) is 0 Å². The van der Waals surface area contributed by atoms with Gasteiger partial charge in [0.1, 0.15) is 11.4 Å². The zero-order valence-corrected chi connectivity index (χ0v) is 14.4. The smallest absolute Gasteiger partial charge is 0.141 e. The van der Waals surface area contributed by atoms with Crippen LogP contribution in [0.25, 0.3) is 22.2 Å². The van der Waals surface area contributed by atoms with Crippen LogP contribution in [0.5, 0.6) is 0 Å². The van der Waals surface area contributed by atoms with Crippen LogP contribution in [0.1, 0.15) is 29.9 Å².